The van der Waals surface area contributed by atoms with Crippen LogP contribution in [-0.2, 0) is 6.42 Å². The van der Waals surface area contributed by atoms with Crippen LogP contribution in [-0.4, -0.2) is 0 Å². The minimum atomic E-state index is 0.922. The average Bonchev–Trinajstić information content (AvgIpc) is 2.13. The second-order valence-electron chi connectivity index (χ2n) is 4.91. The Morgan fingerprint density at radius 2 is 1.12 bits per heavy atom. The van der Waals surface area contributed by atoms with Gasteiger partial charge in [0, 0.05) is 0 Å². The SMILES string of the molecule is Cc1[c]c(Cc2[c]c(C)cc(C)c2)cc(C)c1. The van der Waals surface area contributed by atoms with Crippen LogP contribution < -0.4 is 0 Å². The van der Waals surface area contributed by atoms with E-state index in [2.05, 4.69) is 64.1 Å². The highest BCUT2D eigenvalue weighted by molar-refractivity contribution is 5.34. The molecule has 0 aliphatic heterocycles. The number of benzene rings is 2. The van der Waals surface area contributed by atoms with E-state index in [1.165, 1.54) is 33.4 Å². The summed E-state index contributed by atoms with van der Waals surface area (Å²) in [5.41, 5.74) is 7.54. The van der Waals surface area contributed by atoms with Crippen molar-refractivity contribution >= 4 is 0 Å². The summed E-state index contributed by atoms with van der Waals surface area (Å²) in [5.74, 6) is 0. The van der Waals surface area contributed by atoms with Crippen LogP contribution in [0.15, 0.2) is 24.3 Å². The molecule has 0 aliphatic carbocycles. The predicted molar refractivity (Wildman–Crippen MR) is 72.3 cm³/mol. The van der Waals surface area contributed by atoms with Crippen LogP contribution >= 0.6 is 0 Å². The van der Waals surface area contributed by atoms with Crippen molar-refractivity contribution in [3.63, 3.8) is 0 Å². The van der Waals surface area contributed by atoms with E-state index in [0.717, 1.165) is 6.42 Å². The van der Waals surface area contributed by atoms with Crippen molar-refractivity contribution in [1.82, 2.24) is 0 Å². The fourth-order valence-electron chi connectivity index (χ4n) is 2.36. The smallest absolute Gasteiger partial charge is 0.00131 e. The van der Waals surface area contributed by atoms with Gasteiger partial charge in [-0.05, 0) is 68.5 Å². The van der Waals surface area contributed by atoms with Crippen molar-refractivity contribution in [3.05, 3.63) is 69.8 Å². The van der Waals surface area contributed by atoms with Gasteiger partial charge < -0.3 is 0 Å². The Morgan fingerprint density at radius 3 is 1.47 bits per heavy atom. The summed E-state index contributed by atoms with van der Waals surface area (Å²) in [6, 6.07) is 15.6. The molecule has 0 atom stereocenters. The van der Waals surface area contributed by atoms with Crippen molar-refractivity contribution in [1.29, 1.82) is 0 Å². The van der Waals surface area contributed by atoms with Crippen molar-refractivity contribution in [3.8, 4) is 0 Å². The van der Waals surface area contributed by atoms with Gasteiger partial charge in [0.1, 0.15) is 0 Å². The highest BCUT2D eigenvalue weighted by Gasteiger charge is 2.01. The first-order chi connectivity index (χ1) is 8.02. The maximum Gasteiger partial charge on any atom is -0.00131 e. The first-order valence-electron chi connectivity index (χ1n) is 6.02. The van der Waals surface area contributed by atoms with Gasteiger partial charge in [-0.3, -0.25) is 0 Å². The third kappa shape index (κ3) is 3.20. The Hall–Kier alpha value is -1.56. The molecule has 2 rings (SSSR count). The fourth-order valence-corrected chi connectivity index (χ4v) is 2.36. The predicted octanol–water partition coefficient (Wildman–Crippen LogP) is 4.11. The van der Waals surface area contributed by atoms with E-state index in [-0.39, 0.29) is 0 Å². The van der Waals surface area contributed by atoms with E-state index in [0.29, 0.717) is 0 Å². The van der Waals surface area contributed by atoms with E-state index in [1.807, 2.05) is 0 Å². The third-order valence-corrected chi connectivity index (χ3v) is 2.79. The second kappa shape index (κ2) is 4.75. The maximum absolute atomic E-state index is 3.42. The largest absolute Gasteiger partial charge is 0.0557 e. The molecule has 86 valence electrons. The molecule has 17 heavy (non-hydrogen) atoms. The summed E-state index contributed by atoms with van der Waals surface area (Å²) in [6.07, 6.45) is 0.922. The number of rotatable bonds is 2. The molecule has 0 spiro atoms. The van der Waals surface area contributed by atoms with Gasteiger partial charge in [0.2, 0.25) is 0 Å². The summed E-state index contributed by atoms with van der Waals surface area (Å²) >= 11 is 0. The molecule has 0 amide bonds. The van der Waals surface area contributed by atoms with Crippen LogP contribution in [0.25, 0.3) is 0 Å². The zero-order chi connectivity index (χ0) is 12.4. The van der Waals surface area contributed by atoms with E-state index in [4.69, 9.17) is 0 Å². The third-order valence-electron chi connectivity index (χ3n) is 2.79. The molecule has 2 aromatic rings. The second-order valence-corrected chi connectivity index (χ2v) is 4.91. The molecule has 2 aromatic carbocycles. The molecule has 0 saturated heterocycles. The number of hydrogen-bond donors (Lipinski definition) is 0. The van der Waals surface area contributed by atoms with E-state index >= 15 is 0 Å². The molecule has 0 aliphatic rings. The van der Waals surface area contributed by atoms with E-state index in [1.54, 1.807) is 0 Å². The number of hydrogen-bond acceptors (Lipinski definition) is 0. The van der Waals surface area contributed by atoms with Crippen LogP contribution in [0.1, 0.15) is 33.4 Å². The monoisotopic (exact) mass is 222 g/mol. The Kier molecular flexibility index (Phi) is 3.33. The molecular weight excluding hydrogens is 204 g/mol. The molecule has 0 heterocycles. The number of aryl methyl sites for hydroxylation is 4. The summed E-state index contributed by atoms with van der Waals surface area (Å²) in [5, 5.41) is 0. The Morgan fingerprint density at radius 1 is 0.706 bits per heavy atom. The molecule has 0 heteroatoms. The lowest BCUT2D eigenvalue weighted by Crippen LogP contribution is -1.93. The minimum absolute atomic E-state index is 0.922. The summed E-state index contributed by atoms with van der Waals surface area (Å²) in [7, 11) is 0. The highest BCUT2D eigenvalue weighted by atomic mass is 14.1. The van der Waals surface area contributed by atoms with Crippen LogP contribution in [0.5, 0.6) is 0 Å². The van der Waals surface area contributed by atoms with Gasteiger partial charge in [0.25, 0.3) is 0 Å². The topological polar surface area (TPSA) is 0 Å². The van der Waals surface area contributed by atoms with Crippen LogP contribution in [0.3, 0.4) is 0 Å². The molecule has 0 bridgehead atoms. The summed E-state index contributed by atoms with van der Waals surface area (Å²) < 4.78 is 0. The Bertz CT molecular complexity index is 446. The first kappa shape index (κ1) is 11.9. The van der Waals surface area contributed by atoms with Gasteiger partial charge in [-0.1, -0.05) is 35.4 Å². The highest BCUT2D eigenvalue weighted by Crippen LogP contribution is 2.15. The normalized spacial score (nSPS) is 10.6. The van der Waals surface area contributed by atoms with Crippen LogP contribution in [0.2, 0.25) is 0 Å². The van der Waals surface area contributed by atoms with Gasteiger partial charge in [-0.2, -0.15) is 0 Å². The summed E-state index contributed by atoms with van der Waals surface area (Å²) in [4.78, 5) is 0. The van der Waals surface area contributed by atoms with Crippen LogP contribution in [0.4, 0.5) is 0 Å². The molecular formula is C17H18. The van der Waals surface area contributed by atoms with E-state index < -0.39 is 0 Å². The quantitative estimate of drug-likeness (QED) is 0.717. The minimum Gasteiger partial charge on any atom is -0.0557 e. The van der Waals surface area contributed by atoms with Gasteiger partial charge in [-0.15, -0.1) is 0 Å². The molecule has 0 saturated carbocycles. The molecule has 0 aromatic heterocycles. The van der Waals surface area contributed by atoms with Gasteiger partial charge in [0.15, 0.2) is 0 Å². The van der Waals surface area contributed by atoms with Crippen molar-refractivity contribution in [2.24, 2.45) is 0 Å². The lowest BCUT2D eigenvalue weighted by Gasteiger charge is -2.06. The molecule has 0 fully saturated rings. The maximum atomic E-state index is 3.42. The summed E-state index contributed by atoms with van der Waals surface area (Å²) in [6.45, 7) is 8.47. The van der Waals surface area contributed by atoms with E-state index in [9.17, 15) is 0 Å². The zero-order valence-electron chi connectivity index (χ0n) is 11.0. The molecule has 0 nitrogen and oxygen atoms in total. The van der Waals surface area contributed by atoms with Crippen LogP contribution in [0, 0.1) is 39.8 Å². The van der Waals surface area contributed by atoms with Gasteiger partial charge in [0.05, 0.1) is 0 Å². The lowest BCUT2D eigenvalue weighted by molar-refractivity contribution is 1.14. The van der Waals surface area contributed by atoms with Crippen molar-refractivity contribution in [2.45, 2.75) is 34.1 Å². The molecule has 0 N–H and O–H groups in total. The Balaban J connectivity index is 2.31. The lowest BCUT2D eigenvalue weighted by atomic mass is 9.98. The molecule has 2 radical (unpaired) electrons. The molecule has 0 unspecified atom stereocenters. The average molecular weight is 222 g/mol. The van der Waals surface area contributed by atoms with Gasteiger partial charge in [-0.25, -0.2) is 0 Å². The zero-order valence-corrected chi connectivity index (χ0v) is 11.0. The van der Waals surface area contributed by atoms with Crippen molar-refractivity contribution < 1.29 is 0 Å². The standard InChI is InChI=1S/C17H18/c1-12-5-13(2)8-16(7-12)11-17-9-14(3)6-15(4)10-17/h5-7,9H,11H2,1-4H3. The Labute approximate surface area is 104 Å². The van der Waals surface area contributed by atoms with Crippen molar-refractivity contribution in [2.75, 3.05) is 0 Å². The van der Waals surface area contributed by atoms with Gasteiger partial charge >= 0.3 is 0 Å². The fraction of sp³-hybridized carbons (Fsp3) is 0.294. The first-order valence-corrected chi connectivity index (χ1v) is 6.02.